The minimum Gasteiger partial charge on any atom is -0.477 e. The summed E-state index contributed by atoms with van der Waals surface area (Å²) >= 11 is 0. The number of amides is 1. The maximum atomic E-state index is 11.9. The van der Waals surface area contributed by atoms with Crippen LogP contribution in [0.25, 0.3) is 0 Å². The number of likely N-dealkylation sites (N-methyl/N-ethyl adjacent to an activating group) is 1. The lowest BCUT2D eigenvalue weighted by atomic mass is 10.2. The zero-order valence-corrected chi connectivity index (χ0v) is 10.5. The summed E-state index contributed by atoms with van der Waals surface area (Å²) in [6, 6.07) is 3.41. The number of hydrogen-bond acceptors (Lipinski definition) is 4. The van der Waals surface area contributed by atoms with Crippen LogP contribution >= 0.6 is 0 Å². The molecule has 1 aromatic heterocycles. The Kier molecular flexibility index (Phi) is 4.15. The number of nitrogens with zero attached hydrogens (tertiary/aromatic N) is 2. The lowest BCUT2D eigenvalue weighted by Gasteiger charge is -2.15. The molecule has 0 aromatic carbocycles. The minimum absolute atomic E-state index is 0.0434. The summed E-state index contributed by atoms with van der Waals surface area (Å²) in [4.78, 5) is 17.4. The molecule has 0 bridgehead atoms. The van der Waals surface area contributed by atoms with Crippen molar-refractivity contribution in [1.82, 2.24) is 9.88 Å². The van der Waals surface area contributed by atoms with E-state index < -0.39 is 0 Å². The number of pyridine rings is 1. The maximum Gasteiger partial charge on any atom is 0.255 e. The van der Waals surface area contributed by atoms with Gasteiger partial charge in [0.25, 0.3) is 5.91 Å². The molecule has 1 N–H and O–H groups in total. The van der Waals surface area contributed by atoms with Crippen LogP contribution in [0.15, 0.2) is 18.3 Å². The summed E-state index contributed by atoms with van der Waals surface area (Å²) in [7, 11) is 1.65. The number of ether oxygens (including phenoxy) is 1. The Morgan fingerprint density at radius 2 is 2.33 bits per heavy atom. The molecule has 1 heterocycles. The van der Waals surface area contributed by atoms with Crippen molar-refractivity contribution in [2.45, 2.75) is 12.8 Å². The largest absolute Gasteiger partial charge is 0.477 e. The molecule has 0 spiro atoms. The molecule has 1 aliphatic rings. The molecule has 5 heteroatoms. The standard InChI is InChI=1S/C13H18N2O3/c1-15(6-7-16)13(17)11-4-5-12(14-8-11)18-9-10-2-3-10/h4-5,8,10,16H,2-3,6-7,9H2,1H3. The van der Waals surface area contributed by atoms with Gasteiger partial charge in [0, 0.05) is 25.9 Å². The molecule has 1 saturated carbocycles. The summed E-state index contributed by atoms with van der Waals surface area (Å²) in [5, 5.41) is 8.77. The number of carbonyl (C=O) groups excluding carboxylic acids is 1. The number of hydrogen-bond donors (Lipinski definition) is 1. The Morgan fingerprint density at radius 3 is 2.89 bits per heavy atom. The molecule has 0 unspecified atom stereocenters. The molecule has 18 heavy (non-hydrogen) atoms. The van der Waals surface area contributed by atoms with Crippen LogP contribution in [0.2, 0.25) is 0 Å². The summed E-state index contributed by atoms with van der Waals surface area (Å²) in [6.45, 7) is 0.988. The summed E-state index contributed by atoms with van der Waals surface area (Å²) < 4.78 is 5.50. The molecule has 1 fully saturated rings. The van der Waals surface area contributed by atoms with Crippen molar-refractivity contribution in [3.63, 3.8) is 0 Å². The first-order chi connectivity index (χ1) is 8.70. The quantitative estimate of drug-likeness (QED) is 0.816. The third kappa shape index (κ3) is 3.43. The van der Waals surface area contributed by atoms with Crippen molar-refractivity contribution < 1.29 is 14.6 Å². The monoisotopic (exact) mass is 250 g/mol. The molecular weight excluding hydrogens is 232 g/mol. The second-order valence-electron chi connectivity index (χ2n) is 4.59. The Labute approximate surface area is 106 Å². The zero-order chi connectivity index (χ0) is 13.0. The fourth-order valence-corrected chi connectivity index (χ4v) is 1.55. The number of aliphatic hydroxyl groups excluding tert-OH is 1. The van der Waals surface area contributed by atoms with Gasteiger partial charge in [-0.3, -0.25) is 4.79 Å². The third-order valence-corrected chi connectivity index (χ3v) is 2.93. The lowest BCUT2D eigenvalue weighted by molar-refractivity contribution is 0.0766. The molecular formula is C13H18N2O3. The van der Waals surface area contributed by atoms with E-state index in [1.807, 2.05) is 0 Å². The van der Waals surface area contributed by atoms with Gasteiger partial charge >= 0.3 is 0 Å². The molecule has 0 atom stereocenters. The highest BCUT2D eigenvalue weighted by atomic mass is 16.5. The van der Waals surface area contributed by atoms with Crippen LogP contribution in [0.1, 0.15) is 23.2 Å². The zero-order valence-electron chi connectivity index (χ0n) is 10.5. The Hall–Kier alpha value is -1.62. The van der Waals surface area contributed by atoms with Gasteiger partial charge < -0.3 is 14.7 Å². The maximum absolute atomic E-state index is 11.9. The SMILES string of the molecule is CN(CCO)C(=O)c1ccc(OCC2CC2)nc1. The molecule has 98 valence electrons. The first-order valence-electron chi connectivity index (χ1n) is 6.16. The lowest BCUT2D eigenvalue weighted by Crippen LogP contribution is -2.29. The number of aliphatic hydroxyl groups is 1. The van der Waals surface area contributed by atoms with E-state index in [1.165, 1.54) is 23.9 Å². The van der Waals surface area contributed by atoms with Gasteiger partial charge in [0.15, 0.2) is 0 Å². The number of rotatable bonds is 6. The molecule has 1 aromatic rings. The molecule has 0 radical (unpaired) electrons. The topological polar surface area (TPSA) is 62.7 Å². The second-order valence-corrected chi connectivity index (χ2v) is 4.59. The van der Waals surface area contributed by atoms with Crippen LogP contribution in [0.3, 0.4) is 0 Å². The fraction of sp³-hybridized carbons (Fsp3) is 0.538. The Morgan fingerprint density at radius 1 is 1.56 bits per heavy atom. The Bertz CT molecular complexity index is 401. The van der Waals surface area contributed by atoms with Crippen molar-refractivity contribution in [2.75, 3.05) is 26.8 Å². The molecule has 0 aliphatic heterocycles. The van der Waals surface area contributed by atoms with Gasteiger partial charge in [-0.25, -0.2) is 4.98 Å². The second kappa shape index (κ2) is 5.82. The highest BCUT2D eigenvalue weighted by molar-refractivity contribution is 5.93. The predicted molar refractivity (Wildman–Crippen MR) is 66.5 cm³/mol. The summed E-state index contributed by atoms with van der Waals surface area (Å²) in [5.74, 6) is 1.09. The summed E-state index contributed by atoms with van der Waals surface area (Å²) in [5.41, 5.74) is 0.504. The number of carbonyl (C=O) groups is 1. The van der Waals surface area contributed by atoms with Crippen LogP contribution in [0.4, 0.5) is 0 Å². The fourth-order valence-electron chi connectivity index (χ4n) is 1.55. The van der Waals surface area contributed by atoms with Gasteiger partial charge in [-0.1, -0.05) is 0 Å². The van der Waals surface area contributed by atoms with Crippen LogP contribution in [0.5, 0.6) is 5.88 Å². The van der Waals surface area contributed by atoms with E-state index in [4.69, 9.17) is 9.84 Å². The van der Waals surface area contributed by atoms with Crippen molar-refractivity contribution >= 4 is 5.91 Å². The van der Waals surface area contributed by atoms with Crippen LogP contribution < -0.4 is 4.74 Å². The molecule has 2 rings (SSSR count). The smallest absolute Gasteiger partial charge is 0.255 e. The van der Waals surface area contributed by atoms with Gasteiger partial charge in [-0.2, -0.15) is 0 Å². The third-order valence-electron chi connectivity index (χ3n) is 2.93. The number of aromatic nitrogens is 1. The first kappa shape index (κ1) is 12.8. The molecule has 5 nitrogen and oxygen atoms in total. The average Bonchev–Trinajstić information content (AvgIpc) is 3.20. The van der Waals surface area contributed by atoms with E-state index in [-0.39, 0.29) is 12.5 Å². The normalized spacial score (nSPS) is 14.3. The van der Waals surface area contributed by atoms with Crippen LogP contribution in [0, 0.1) is 5.92 Å². The van der Waals surface area contributed by atoms with Gasteiger partial charge in [0.1, 0.15) is 0 Å². The van der Waals surface area contributed by atoms with Gasteiger partial charge in [-0.05, 0) is 24.8 Å². The van der Waals surface area contributed by atoms with Crippen molar-refractivity contribution in [3.8, 4) is 5.88 Å². The highest BCUT2D eigenvalue weighted by Gasteiger charge is 2.22. The molecule has 0 saturated heterocycles. The van der Waals surface area contributed by atoms with Crippen molar-refractivity contribution in [3.05, 3.63) is 23.9 Å². The van der Waals surface area contributed by atoms with E-state index in [1.54, 1.807) is 19.2 Å². The van der Waals surface area contributed by atoms with Gasteiger partial charge in [-0.15, -0.1) is 0 Å². The Balaban J connectivity index is 1.91. The summed E-state index contributed by atoms with van der Waals surface area (Å²) in [6.07, 6.45) is 3.99. The van der Waals surface area contributed by atoms with Gasteiger partial charge in [0.2, 0.25) is 5.88 Å². The highest BCUT2D eigenvalue weighted by Crippen LogP contribution is 2.29. The van der Waals surface area contributed by atoms with E-state index in [0.717, 1.165) is 0 Å². The molecule has 1 aliphatic carbocycles. The van der Waals surface area contributed by atoms with Crippen LogP contribution in [-0.4, -0.2) is 47.7 Å². The van der Waals surface area contributed by atoms with Crippen molar-refractivity contribution in [1.29, 1.82) is 0 Å². The van der Waals surface area contributed by atoms with Crippen molar-refractivity contribution in [2.24, 2.45) is 5.92 Å². The average molecular weight is 250 g/mol. The van der Waals surface area contributed by atoms with E-state index in [0.29, 0.717) is 30.5 Å². The predicted octanol–water partition coefficient (Wildman–Crippen LogP) is 0.935. The van der Waals surface area contributed by atoms with E-state index >= 15 is 0 Å². The molecule has 1 amide bonds. The minimum atomic E-state index is -0.148. The van der Waals surface area contributed by atoms with Crippen LogP contribution in [-0.2, 0) is 0 Å². The first-order valence-corrected chi connectivity index (χ1v) is 6.16. The van der Waals surface area contributed by atoms with E-state index in [9.17, 15) is 4.79 Å². The van der Waals surface area contributed by atoms with E-state index in [2.05, 4.69) is 4.98 Å². The van der Waals surface area contributed by atoms with Gasteiger partial charge in [0.05, 0.1) is 18.8 Å².